The topological polar surface area (TPSA) is 77.0 Å². The molecule has 1 aliphatic rings. The number of nitrogens with zero attached hydrogens (tertiary/aromatic N) is 5. The van der Waals surface area contributed by atoms with Gasteiger partial charge in [-0.25, -0.2) is 4.98 Å². The highest BCUT2D eigenvalue weighted by molar-refractivity contribution is 6.04. The summed E-state index contributed by atoms with van der Waals surface area (Å²) in [5.41, 5.74) is 1.90. The Balaban J connectivity index is 1.61. The van der Waals surface area contributed by atoms with E-state index >= 15 is 0 Å². The lowest BCUT2D eigenvalue weighted by atomic mass is 9.96. The molecule has 7 heteroatoms. The average Bonchev–Trinajstić information content (AvgIpc) is 3.26. The first kappa shape index (κ1) is 15.8. The Hall–Kier alpha value is -2.70. The Labute approximate surface area is 145 Å². The molecule has 25 heavy (non-hydrogen) atoms. The van der Waals surface area contributed by atoms with Crippen LogP contribution in [0.1, 0.15) is 47.8 Å². The summed E-state index contributed by atoms with van der Waals surface area (Å²) in [5.74, 6) is 1.77. The third-order valence-electron chi connectivity index (χ3n) is 4.82. The zero-order chi connectivity index (χ0) is 17.4. The van der Waals surface area contributed by atoms with Gasteiger partial charge < -0.3 is 13.9 Å². The lowest BCUT2D eigenvalue weighted by molar-refractivity contribution is 0.0705. The lowest BCUT2D eigenvalue weighted by Crippen LogP contribution is -2.39. The maximum Gasteiger partial charge on any atom is 0.256 e. The van der Waals surface area contributed by atoms with Gasteiger partial charge in [0.2, 0.25) is 0 Å². The van der Waals surface area contributed by atoms with E-state index < -0.39 is 0 Å². The van der Waals surface area contributed by atoms with E-state index in [-0.39, 0.29) is 11.8 Å². The van der Waals surface area contributed by atoms with Gasteiger partial charge in [0.1, 0.15) is 17.7 Å². The summed E-state index contributed by atoms with van der Waals surface area (Å²) in [6, 6.07) is 5.51. The van der Waals surface area contributed by atoms with Crippen molar-refractivity contribution in [1.29, 1.82) is 0 Å². The number of piperidine rings is 1. The van der Waals surface area contributed by atoms with Crippen LogP contribution in [0.2, 0.25) is 0 Å². The molecule has 7 nitrogen and oxygen atoms in total. The van der Waals surface area contributed by atoms with Crippen LogP contribution in [0.15, 0.2) is 28.9 Å². The van der Waals surface area contributed by atoms with Gasteiger partial charge in [0.05, 0.1) is 5.56 Å². The van der Waals surface area contributed by atoms with Gasteiger partial charge in [-0.15, -0.1) is 10.2 Å². The summed E-state index contributed by atoms with van der Waals surface area (Å²) in [6.45, 7) is 6.12. The number of aromatic nitrogens is 4. The molecule has 1 saturated heterocycles. The number of amides is 1. The van der Waals surface area contributed by atoms with Crippen molar-refractivity contribution < 1.29 is 9.21 Å². The summed E-state index contributed by atoms with van der Waals surface area (Å²) in [5, 5.41) is 8.31. The van der Waals surface area contributed by atoms with Gasteiger partial charge in [0, 0.05) is 32.5 Å². The molecule has 1 fully saturated rings. The van der Waals surface area contributed by atoms with Gasteiger partial charge in [-0.3, -0.25) is 4.79 Å². The molecule has 0 bridgehead atoms. The number of carbonyl (C=O) groups excluding carboxylic acids is 1. The van der Waals surface area contributed by atoms with Crippen LogP contribution in [0, 0.1) is 6.92 Å². The highest BCUT2D eigenvalue weighted by atomic mass is 16.3. The molecule has 0 spiro atoms. The number of oxazole rings is 1. The van der Waals surface area contributed by atoms with E-state index in [0.29, 0.717) is 29.1 Å². The van der Waals surface area contributed by atoms with Crippen LogP contribution in [0.25, 0.3) is 11.1 Å². The maximum absolute atomic E-state index is 13.1. The van der Waals surface area contributed by atoms with Crippen molar-refractivity contribution in [3.8, 4) is 0 Å². The van der Waals surface area contributed by atoms with Crippen LogP contribution < -0.4 is 0 Å². The quantitative estimate of drug-likeness (QED) is 0.733. The molecule has 4 rings (SSSR count). The molecule has 130 valence electrons. The molecule has 1 atom stereocenters. The largest absolute Gasteiger partial charge is 0.441 e. The summed E-state index contributed by atoms with van der Waals surface area (Å²) >= 11 is 0. The molecule has 3 heterocycles. The molecule has 0 aliphatic carbocycles. The van der Waals surface area contributed by atoms with Gasteiger partial charge in [-0.2, -0.15) is 0 Å². The van der Waals surface area contributed by atoms with Gasteiger partial charge in [-0.05, 0) is 31.9 Å². The van der Waals surface area contributed by atoms with E-state index in [4.69, 9.17) is 4.42 Å². The van der Waals surface area contributed by atoms with E-state index in [1.165, 1.54) is 0 Å². The van der Waals surface area contributed by atoms with Crippen molar-refractivity contribution in [2.24, 2.45) is 0 Å². The van der Waals surface area contributed by atoms with Crippen LogP contribution in [-0.4, -0.2) is 43.6 Å². The van der Waals surface area contributed by atoms with E-state index in [9.17, 15) is 4.79 Å². The highest BCUT2D eigenvalue weighted by Gasteiger charge is 2.29. The third-order valence-corrected chi connectivity index (χ3v) is 4.82. The van der Waals surface area contributed by atoms with E-state index in [2.05, 4.69) is 26.7 Å². The molecular formula is C18H21N5O2. The fourth-order valence-electron chi connectivity index (χ4n) is 3.60. The van der Waals surface area contributed by atoms with Crippen molar-refractivity contribution in [1.82, 2.24) is 24.6 Å². The number of fused-ring (bicyclic) bond motifs is 1. The smallest absolute Gasteiger partial charge is 0.256 e. The summed E-state index contributed by atoms with van der Waals surface area (Å²) < 4.78 is 7.61. The van der Waals surface area contributed by atoms with Gasteiger partial charge in [0.15, 0.2) is 11.5 Å². The second-order valence-electron chi connectivity index (χ2n) is 6.45. The predicted molar refractivity (Wildman–Crippen MR) is 92.3 cm³/mol. The fraction of sp³-hybridized carbons (Fsp3) is 0.444. The molecule has 2 aromatic heterocycles. The second kappa shape index (κ2) is 6.31. The predicted octanol–water partition coefficient (Wildman–Crippen LogP) is 2.77. The van der Waals surface area contributed by atoms with Crippen LogP contribution in [0.4, 0.5) is 0 Å². The molecule has 3 aromatic rings. The maximum atomic E-state index is 13.1. The van der Waals surface area contributed by atoms with Gasteiger partial charge in [0.25, 0.3) is 5.91 Å². The van der Waals surface area contributed by atoms with Crippen molar-refractivity contribution >= 4 is 17.0 Å². The Bertz CT molecular complexity index is 913. The fourth-order valence-corrected chi connectivity index (χ4v) is 3.60. The molecular weight excluding hydrogens is 318 g/mol. The Morgan fingerprint density at radius 3 is 3.12 bits per heavy atom. The first-order valence-corrected chi connectivity index (χ1v) is 8.70. The number of para-hydroxylation sites is 1. The first-order chi connectivity index (χ1) is 12.2. The van der Waals surface area contributed by atoms with Crippen LogP contribution in [-0.2, 0) is 6.54 Å². The molecule has 1 amide bonds. The minimum absolute atomic E-state index is 0.00571. The molecule has 0 N–H and O–H groups in total. The Morgan fingerprint density at radius 2 is 2.28 bits per heavy atom. The molecule has 1 aliphatic heterocycles. The summed E-state index contributed by atoms with van der Waals surface area (Å²) in [6.07, 6.45) is 3.74. The summed E-state index contributed by atoms with van der Waals surface area (Å²) in [4.78, 5) is 19.4. The first-order valence-electron chi connectivity index (χ1n) is 8.70. The zero-order valence-electron chi connectivity index (χ0n) is 14.5. The number of benzene rings is 1. The molecule has 1 aromatic carbocycles. The molecule has 0 saturated carbocycles. The minimum Gasteiger partial charge on any atom is -0.441 e. The van der Waals surface area contributed by atoms with Gasteiger partial charge >= 0.3 is 0 Å². The average molecular weight is 339 g/mol. The monoisotopic (exact) mass is 339 g/mol. The lowest BCUT2D eigenvalue weighted by Gasteiger charge is -2.32. The highest BCUT2D eigenvalue weighted by Crippen LogP contribution is 2.28. The summed E-state index contributed by atoms with van der Waals surface area (Å²) in [7, 11) is 0. The number of hydrogen-bond acceptors (Lipinski definition) is 5. The van der Waals surface area contributed by atoms with E-state index in [0.717, 1.165) is 31.8 Å². The Kier molecular flexibility index (Phi) is 3.99. The number of likely N-dealkylation sites (tertiary alicyclic amines) is 1. The second-order valence-corrected chi connectivity index (χ2v) is 6.45. The number of rotatable bonds is 3. The number of aryl methyl sites for hydroxylation is 2. The van der Waals surface area contributed by atoms with Crippen molar-refractivity contribution in [2.75, 3.05) is 13.1 Å². The van der Waals surface area contributed by atoms with Crippen LogP contribution in [0.3, 0.4) is 0 Å². The van der Waals surface area contributed by atoms with Crippen molar-refractivity contribution in [2.45, 2.75) is 39.2 Å². The molecule has 0 unspecified atom stereocenters. The normalized spacial score (nSPS) is 18.0. The number of carbonyl (C=O) groups is 1. The third kappa shape index (κ3) is 2.79. The minimum atomic E-state index is 0.00571. The van der Waals surface area contributed by atoms with Gasteiger partial charge in [-0.1, -0.05) is 6.07 Å². The number of hydrogen-bond donors (Lipinski definition) is 0. The zero-order valence-corrected chi connectivity index (χ0v) is 14.5. The van der Waals surface area contributed by atoms with E-state index in [1.54, 1.807) is 13.3 Å². The Morgan fingerprint density at radius 1 is 1.40 bits per heavy atom. The van der Waals surface area contributed by atoms with Crippen molar-refractivity contribution in [3.05, 3.63) is 41.8 Å². The van der Waals surface area contributed by atoms with Crippen molar-refractivity contribution in [3.63, 3.8) is 0 Å². The van der Waals surface area contributed by atoms with Crippen LogP contribution in [0.5, 0.6) is 0 Å². The van der Waals surface area contributed by atoms with Crippen LogP contribution >= 0.6 is 0 Å². The SMILES string of the molecule is CCn1cnnc1[C@@H]1CCCN(C(=O)c2cccc3oc(C)nc23)C1. The molecule has 0 radical (unpaired) electrons. The van der Waals surface area contributed by atoms with E-state index in [1.807, 2.05) is 23.1 Å². The standard InChI is InChI=1S/C18H21N5O2/c1-3-22-11-19-21-17(22)13-6-5-9-23(10-13)18(24)14-7-4-8-15-16(14)20-12(2)25-15/h4,7-8,11,13H,3,5-6,9-10H2,1-2H3/t13-/m1/s1.